The first kappa shape index (κ1) is 23.5. The summed E-state index contributed by atoms with van der Waals surface area (Å²) >= 11 is 1.73. The Balaban J connectivity index is 1.76. The van der Waals surface area contributed by atoms with E-state index in [-0.39, 0.29) is 12.4 Å². The molecule has 1 amide bonds. The minimum atomic E-state index is -0.481. The fraction of sp³-hybridized carbons (Fsp3) is 0.538. The molecule has 1 heterocycles. The predicted octanol–water partition coefficient (Wildman–Crippen LogP) is 5.38. The van der Waals surface area contributed by atoms with Crippen LogP contribution in [0.4, 0.5) is 0 Å². The number of hydrogen-bond donors (Lipinski definition) is 1. The van der Waals surface area contributed by atoms with Gasteiger partial charge in [-0.15, -0.1) is 11.3 Å². The summed E-state index contributed by atoms with van der Waals surface area (Å²) < 4.78 is 5.62. The van der Waals surface area contributed by atoms with Gasteiger partial charge in [0.25, 0.3) is 5.91 Å². The molecule has 4 nitrogen and oxygen atoms in total. The molecule has 0 aliphatic heterocycles. The zero-order chi connectivity index (χ0) is 22.8. The molecule has 1 aliphatic carbocycles. The van der Waals surface area contributed by atoms with Gasteiger partial charge in [0, 0.05) is 11.3 Å². The normalized spacial score (nSPS) is 14.9. The van der Waals surface area contributed by atoms with Crippen molar-refractivity contribution in [1.29, 1.82) is 0 Å². The molecule has 0 fully saturated rings. The summed E-state index contributed by atoms with van der Waals surface area (Å²) in [5.41, 5.74) is 11.5. The number of aryl methyl sites for hydroxylation is 4. The average molecular weight is 442 g/mol. The number of carbonyl (C=O) groups excluding carboxylic acids is 2. The molecular weight excluding hydrogens is 406 g/mol. The molecule has 31 heavy (non-hydrogen) atoms. The third-order valence-electron chi connectivity index (χ3n) is 6.27. The van der Waals surface area contributed by atoms with Gasteiger partial charge in [-0.25, -0.2) is 0 Å². The summed E-state index contributed by atoms with van der Waals surface area (Å²) in [4.78, 5) is 26.7. The predicted molar refractivity (Wildman–Crippen MR) is 127 cm³/mol. The van der Waals surface area contributed by atoms with Crippen LogP contribution in [0.5, 0.6) is 5.75 Å². The van der Waals surface area contributed by atoms with Crippen LogP contribution in [0.25, 0.3) is 0 Å². The lowest BCUT2D eigenvalue weighted by atomic mass is 9.74. The second kappa shape index (κ2) is 9.56. The Morgan fingerprint density at radius 1 is 1.16 bits per heavy atom. The molecule has 1 aliphatic rings. The Morgan fingerprint density at radius 2 is 1.90 bits per heavy atom. The Hall–Kier alpha value is -2.14. The summed E-state index contributed by atoms with van der Waals surface area (Å²) in [5.74, 6) is 0.523. The largest absolute Gasteiger partial charge is 0.483 e. The van der Waals surface area contributed by atoms with Gasteiger partial charge >= 0.3 is 0 Å². The first-order valence-corrected chi connectivity index (χ1v) is 12.2. The van der Waals surface area contributed by atoms with E-state index in [1.54, 1.807) is 11.3 Å². The van der Waals surface area contributed by atoms with Crippen molar-refractivity contribution in [3.63, 3.8) is 0 Å². The molecule has 0 saturated heterocycles. The number of carbonyl (C=O) groups is 2. The molecule has 0 unspecified atom stereocenters. The van der Waals surface area contributed by atoms with Gasteiger partial charge in [-0.3, -0.25) is 9.59 Å². The van der Waals surface area contributed by atoms with Crippen LogP contribution >= 0.6 is 11.3 Å². The van der Waals surface area contributed by atoms with E-state index in [1.807, 2.05) is 6.92 Å². The minimum Gasteiger partial charge on any atom is -0.483 e. The molecule has 0 radical (unpaired) electrons. The Morgan fingerprint density at radius 3 is 2.55 bits per heavy atom. The number of nitrogens with two attached hydrogens (primary N) is 1. The molecule has 1 aromatic carbocycles. The van der Waals surface area contributed by atoms with E-state index in [4.69, 9.17) is 10.5 Å². The van der Waals surface area contributed by atoms with E-state index >= 15 is 0 Å². The monoisotopic (exact) mass is 441 g/mol. The highest BCUT2D eigenvalue weighted by Gasteiger charge is 2.31. The van der Waals surface area contributed by atoms with Crippen molar-refractivity contribution in [3.05, 3.63) is 49.7 Å². The van der Waals surface area contributed by atoms with E-state index in [0.29, 0.717) is 18.3 Å². The third kappa shape index (κ3) is 5.38. The van der Waals surface area contributed by atoms with Gasteiger partial charge < -0.3 is 10.5 Å². The first-order chi connectivity index (χ1) is 14.6. The van der Waals surface area contributed by atoms with Gasteiger partial charge in [0.05, 0.1) is 4.88 Å². The smallest absolute Gasteiger partial charge is 0.255 e. The van der Waals surface area contributed by atoms with Gasteiger partial charge in [0.2, 0.25) is 0 Å². The number of hydrogen-bond acceptors (Lipinski definition) is 4. The molecule has 5 heteroatoms. The molecule has 1 aromatic heterocycles. The zero-order valence-electron chi connectivity index (χ0n) is 19.5. The van der Waals surface area contributed by atoms with E-state index in [1.165, 1.54) is 16.0 Å². The zero-order valence-corrected chi connectivity index (χ0v) is 20.3. The van der Waals surface area contributed by atoms with Crippen molar-refractivity contribution in [2.75, 3.05) is 6.61 Å². The quantitative estimate of drug-likeness (QED) is 0.532. The highest BCUT2D eigenvalue weighted by Crippen LogP contribution is 2.42. The molecule has 2 aromatic rings. The molecule has 0 atom stereocenters. The number of ether oxygens (including phenoxy) is 1. The molecule has 0 saturated carbocycles. The van der Waals surface area contributed by atoms with Crippen molar-refractivity contribution < 1.29 is 14.3 Å². The lowest BCUT2D eigenvalue weighted by Crippen LogP contribution is -2.22. The number of ketones is 1. The Kier molecular flexibility index (Phi) is 7.25. The number of amides is 1. The number of Topliss-reactive ketones (excluding diaryl/α,β-unsaturated/α-hetero) is 1. The standard InChI is InChI=1S/C26H35NO3S/c1-6-18-13-17(12-16(3)24(18)30-15-23(27)29)8-9-21(28)25-19-10-11-26(4,5)14-20(19)22(7-2)31-25/h12-13H,6-11,14-15H2,1-5H3,(H2,27,29). The van der Waals surface area contributed by atoms with Crippen molar-refractivity contribution >= 4 is 23.0 Å². The molecule has 0 spiro atoms. The van der Waals surface area contributed by atoms with Gasteiger partial charge in [-0.1, -0.05) is 39.8 Å². The topological polar surface area (TPSA) is 69.4 Å². The summed E-state index contributed by atoms with van der Waals surface area (Å²) in [5, 5.41) is 0. The Bertz CT molecular complexity index is 987. The summed E-state index contributed by atoms with van der Waals surface area (Å²) in [6, 6.07) is 4.16. The van der Waals surface area contributed by atoms with E-state index < -0.39 is 5.91 Å². The summed E-state index contributed by atoms with van der Waals surface area (Å²) in [6.45, 7) is 10.8. The van der Waals surface area contributed by atoms with Crippen LogP contribution < -0.4 is 10.5 Å². The van der Waals surface area contributed by atoms with E-state index in [9.17, 15) is 9.59 Å². The highest BCUT2D eigenvalue weighted by molar-refractivity contribution is 7.14. The van der Waals surface area contributed by atoms with Crippen molar-refractivity contribution in [3.8, 4) is 5.75 Å². The lowest BCUT2D eigenvalue weighted by Gasteiger charge is -2.30. The van der Waals surface area contributed by atoms with Crippen LogP contribution in [0.15, 0.2) is 12.1 Å². The molecule has 2 N–H and O–H groups in total. The number of fused-ring (bicyclic) bond motifs is 1. The van der Waals surface area contributed by atoms with Gasteiger partial charge in [-0.2, -0.15) is 0 Å². The fourth-order valence-electron chi connectivity index (χ4n) is 4.62. The molecule has 0 bridgehead atoms. The van der Waals surface area contributed by atoms with Crippen LogP contribution in [-0.4, -0.2) is 18.3 Å². The van der Waals surface area contributed by atoms with Crippen LogP contribution in [0.1, 0.15) is 82.9 Å². The van der Waals surface area contributed by atoms with Gasteiger partial charge in [0.15, 0.2) is 12.4 Å². The first-order valence-electron chi connectivity index (χ1n) is 11.3. The van der Waals surface area contributed by atoms with Crippen LogP contribution in [0.2, 0.25) is 0 Å². The molecule has 168 valence electrons. The second-order valence-corrected chi connectivity index (χ2v) is 10.5. The second-order valence-electron chi connectivity index (χ2n) is 9.44. The van der Waals surface area contributed by atoms with Crippen LogP contribution in [0.3, 0.4) is 0 Å². The number of rotatable bonds is 9. The number of thiophene rings is 1. The Labute approximate surface area is 190 Å². The SMILES string of the molecule is CCc1cc(CCC(=O)c2sc(CC)c3c2CCC(C)(C)C3)cc(C)c1OCC(N)=O. The van der Waals surface area contributed by atoms with Crippen LogP contribution in [0, 0.1) is 12.3 Å². The van der Waals surface area contributed by atoms with Crippen molar-refractivity contribution in [2.24, 2.45) is 11.1 Å². The summed E-state index contributed by atoms with van der Waals surface area (Å²) in [6.07, 6.45) is 6.27. The highest BCUT2D eigenvalue weighted by atomic mass is 32.1. The maximum absolute atomic E-state index is 13.2. The maximum atomic E-state index is 13.2. The van der Waals surface area contributed by atoms with Crippen LogP contribution in [-0.2, 0) is 36.9 Å². The van der Waals surface area contributed by atoms with Gasteiger partial charge in [0.1, 0.15) is 5.75 Å². The van der Waals surface area contributed by atoms with Crippen molar-refractivity contribution in [2.45, 2.75) is 79.6 Å². The number of primary amides is 1. The fourth-order valence-corrected chi connectivity index (χ4v) is 5.89. The van der Waals surface area contributed by atoms with E-state index in [0.717, 1.165) is 59.4 Å². The third-order valence-corrected chi connectivity index (χ3v) is 7.73. The maximum Gasteiger partial charge on any atom is 0.255 e. The lowest BCUT2D eigenvalue weighted by molar-refractivity contribution is -0.119. The summed E-state index contributed by atoms with van der Waals surface area (Å²) in [7, 11) is 0. The van der Waals surface area contributed by atoms with Crippen molar-refractivity contribution in [1.82, 2.24) is 0 Å². The average Bonchev–Trinajstić information content (AvgIpc) is 3.07. The van der Waals surface area contributed by atoms with E-state index in [2.05, 4.69) is 39.8 Å². The van der Waals surface area contributed by atoms with Gasteiger partial charge in [-0.05, 0) is 78.7 Å². The number of benzene rings is 1. The molecular formula is C26H35NO3S. The molecule has 3 rings (SSSR count). The minimum absolute atomic E-state index is 0.119.